The molecule has 122 valence electrons. The van der Waals surface area contributed by atoms with Crippen LogP contribution in [0.1, 0.15) is 40.1 Å². The van der Waals surface area contributed by atoms with Gasteiger partial charge in [0.1, 0.15) is 17.4 Å². The first kappa shape index (κ1) is 17.0. The van der Waals surface area contributed by atoms with Gasteiger partial charge in [-0.15, -0.1) is 0 Å². The molecule has 5 heteroatoms. The fraction of sp³-hybridized carbons (Fsp3) is 0.278. The van der Waals surface area contributed by atoms with Crippen molar-refractivity contribution in [2.75, 3.05) is 14.2 Å². The Bertz CT molecular complexity index is 664. The molecular formula is C18H20O5. The van der Waals surface area contributed by atoms with Gasteiger partial charge in [0, 0.05) is 0 Å². The normalized spacial score (nSPS) is 11.8. The summed E-state index contributed by atoms with van der Waals surface area (Å²) >= 11 is 0. The average Bonchev–Trinajstić information content (AvgIpc) is 2.61. The maximum absolute atomic E-state index is 11.8. The van der Waals surface area contributed by atoms with Crippen LogP contribution >= 0.6 is 0 Å². The van der Waals surface area contributed by atoms with E-state index in [9.17, 15) is 4.79 Å². The number of carbonyl (C=O) groups is 1. The molecule has 0 saturated carbocycles. The molecule has 0 aliphatic rings. The van der Waals surface area contributed by atoms with Crippen molar-refractivity contribution in [1.82, 2.24) is 0 Å². The fourth-order valence-corrected chi connectivity index (χ4v) is 2.34. The minimum Gasteiger partial charge on any atom is -0.496 e. The van der Waals surface area contributed by atoms with Crippen molar-refractivity contribution in [3.63, 3.8) is 0 Å². The van der Waals surface area contributed by atoms with Crippen molar-refractivity contribution in [2.45, 2.75) is 19.4 Å². The fourth-order valence-electron chi connectivity index (χ4n) is 2.34. The van der Waals surface area contributed by atoms with Gasteiger partial charge in [0.15, 0.2) is 0 Å². The van der Waals surface area contributed by atoms with Crippen LogP contribution in [0.15, 0.2) is 42.5 Å². The lowest BCUT2D eigenvalue weighted by atomic mass is 10.0. The summed E-state index contributed by atoms with van der Waals surface area (Å²) in [6, 6.07) is 13.2. The van der Waals surface area contributed by atoms with Crippen molar-refractivity contribution in [1.29, 1.82) is 0 Å². The molecule has 2 aromatic rings. The molecule has 0 aliphatic heterocycles. The molecule has 23 heavy (non-hydrogen) atoms. The highest BCUT2D eigenvalue weighted by atomic mass is 17.1. The van der Waals surface area contributed by atoms with Crippen LogP contribution in [0.5, 0.6) is 5.75 Å². The Kier molecular flexibility index (Phi) is 5.73. The summed E-state index contributed by atoms with van der Waals surface area (Å²) in [7, 11) is 2.86. The van der Waals surface area contributed by atoms with E-state index >= 15 is 0 Å². The topological polar surface area (TPSA) is 65.0 Å². The van der Waals surface area contributed by atoms with Crippen molar-refractivity contribution < 1.29 is 24.4 Å². The largest absolute Gasteiger partial charge is 0.496 e. The maximum Gasteiger partial charge on any atom is 0.341 e. The van der Waals surface area contributed by atoms with Gasteiger partial charge in [-0.2, -0.15) is 0 Å². The number of esters is 1. The molecule has 0 spiro atoms. The first-order valence-corrected chi connectivity index (χ1v) is 7.23. The summed E-state index contributed by atoms with van der Waals surface area (Å²) in [6.45, 7) is 1.76. The van der Waals surface area contributed by atoms with Crippen molar-refractivity contribution in [3.05, 3.63) is 64.7 Å². The summed E-state index contributed by atoms with van der Waals surface area (Å²) in [5.74, 6) is 0.0674. The van der Waals surface area contributed by atoms with Crippen LogP contribution in [-0.2, 0) is 16.0 Å². The van der Waals surface area contributed by atoms with Crippen LogP contribution in [0.4, 0.5) is 0 Å². The molecule has 5 nitrogen and oxygen atoms in total. The predicted molar refractivity (Wildman–Crippen MR) is 85.7 cm³/mol. The maximum atomic E-state index is 11.8. The van der Waals surface area contributed by atoms with Gasteiger partial charge in [-0.1, -0.05) is 30.3 Å². The van der Waals surface area contributed by atoms with Crippen molar-refractivity contribution >= 4 is 5.97 Å². The summed E-state index contributed by atoms with van der Waals surface area (Å²) in [6.07, 6.45) is 0.304. The van der Waals surface area contributed by atoms with Crippen molar-refractivity contribution in [2.24, 2.45) is 0 Å². The molecule has 0 heterocycles. The molecule has 1 atom stereocenters. The second-order valence-electron chi connectivity index (χ2n) is 5.19. The lowest BCUT2D eigenvalue weighted by Gasteiger charge is -2.11. The first-order valence-electron chi connectivity index (χ1n) is 7.23. The zero-order valence-electron chi connectivity index (χ0n) is 13.4. The Labute approximate surface area is 135 Å². The Morgan fingerprint density at radius 2 is 1.74 bits per heavy atom. The Morgan fingerprint density at radius 1 is 1.09 bits per heavy atom. The molecule has 0 aromatic heterocycles. The van der Waals surface area contributed by atoms with Crippen LogP contribution in [0.2, 0.25) is 0 Å². The standard InChI is InChI=1S/C18H20O5/c1-12(23-20)15-7-4-13(5-8-15)10-14-6-9-17(21-2)16(11-14)18(19)22-3/h4-9,11-12,20H,10H2,1-3H3. The monoisotopic (exact) mass is 316 g/mol. The molecule has 0 saturated heterocycles. The molecule has 0 aliphatic carbocycles. The smallest absolute Gasteiger partial charge is 0.341 e. The van der Waals surface area contributed by atoms with E-state index in [1.807, 2.05) is 30.3 Å². The van der Waals surface area contributed by atoms with Gasteiger partial charge >= 0.3 is 5.97 Å². The summed E-state index contributed by atoms with van der Waals surface area (Å²) in [4.78, 5) is 16.1. The summed E-state index contributed by atoms with van der Waals surface area (Å²) < 4.78 is 9.97. The first-order chi connectivity index (χ1) is 11.1. The zero-order chi connectivity index (χ0) is 16.8. The number of hydrogen-bond donors (Lipinski definition) is 1. The number of methoxy groups -OCH3 is 2. The van der Waals surface area contributed by atoms with E-state index in [-0.39, 0.29) is 6.10 Å². The average molecular weight is 316 g/mol. The summed E-state index contributed by atoms with van der Waals surface area (Å²) in [5, 5.41) is 8.69. The Hall–Kier alpha value is -2.37. The molecular weight excluding hydrogens is 296 g/mol. The molecule has 2 rings (SSSR count). The lowest BCUT2D eigenvalue weighted by molar-refractivity contribution is -0.277. The van der Waals surface area contributed by atoms with Crippen LogP contribution < -0.4 is 4.74 Å². The van der Waals surface area contributed by atoms with Gasteiger partial charge in [-0.3, -0.25) is 5.26 Å². The highest BCUT2D eigenvalue weighted by molar-refractivity contribution is 5.92. The van der Waals surface area contributed by atoms with Crippen LogP contribution in [-0.4, -0.2) is 25.4 Å². The molecule has 2 aromatic carbocycles. The molecule has 1 N–H and O–H groups in total. The van der Waals surface area contributed by atoms with Crippen molar-refractivity contribution in [3.8, 4) is 5.75 Å². The second-order valence-corrected chi connectivity index (χ2v) is 5.19. The van der Waals surface area contributed by atoms with E-state index in [0.29, 0.717) is 17.7 Å². The molecule has 1 unspecified atom stereocenters. The van der Waals surface area contributed by atoms with Gasteiger partial charge in [-0.05, 0) is 42.2 Å². The van der Waals surface area contributed by atoms with Gasteiger partial charge in [0.05, 0.1) is 14.2 Å². The van der Waals surface area contributed by atoms with E-state index in [4.69, 9.17) is 14.7 Å². The SMILES string of the molecule is COC(=O)c1cc(Cc2ccc(C(C)OO)cc2)ccc1OC. The third kappa shape index (κ3) is 4.09. The second kappa shape index (κ2) is 7.76. The van der Waals surface area contributed by atoms with E-state index in [0.717, 1.165) is 16.7 Å². The molecule has 0 bridgehead atoms. The zero-order valence-corrected chi connectivity index (χ0v) is 13.4. The van der Waals surface area contributed by atoms with E-state index < -0.39 is 5.97 Å². The van der Waals surface area contributed by atoms with Gasteiger partial charge in [0.25, 0.3) is 0 Å². The summed E-state index contributed by atoms with van der Waals surface area (Å²) in [5.41, 5.74) is 3.36. The Morgan fingerprint density at radius 3 is 2.30 bits per heavy atom. The molecule has 0 radical (unpaired) electrons. The number of carbonyl (C=O) groups excluding carboxylic acids is 1. The van der Waals surface area contributed by atoms with Gasteiger partial charge in [0.2, 0.25) is 0 Å². The quantitative estimate of drug-likeness (QED) is 0.501. The van der Waals surface area contributed by atoms with E-state index in [2.05, 4.69) is 4.89 Å². The highest BCUT2D eigenvalue weighted by Gasteiger charge is 2.13. The number of ether oxygens (including phenoxy) is 2. The van der Waals surface area contributed by atoms with Gasteiger partial charge in [-0.25, -0.2) is 9.68 Å². The molecule has 0 amide bonds. The third-order valence-corrected chi connectivity index (χ3v) is 3.68. The van der Waals surface area contributed by atoms with Gasteiger partial charge < -0.3 is 9.47 Å². The predicted octanol–water partition coefficient (Wildman–Crippen LogP) is 3.62. The van der Waals surface area contributed by atoms with E-state index in [1.54, 1.807) is 19.1 Å². The minimum atomic E-state index is -0.423. The van der Waals surface area contributed by atoms with Crippen LogP contribution in [0, 0.1) is 0 Å². The number of rotatable bonds is 6. The lowest BCUT2D eigenvalue weighted by Crippen LogP contribution is -2.05. The highest BCUT2D eigenvalue weighted by Crippen LogP contribution is 2.23. The number of hydrogen-bond acceptors (Lipinski definition) is 5. The van der Waals surface area contributed by atoms with E-state index in [1.165, 1.54) is 14.2 Å². The third-order valence-electron chi connectivity index (χ3n) is 3.68. The van der Waals surface area contributed by atoms with Crippen LogP contribution in [0.3, 0.4) is 0 Å². The Balaban J connectivity index is 2.21. The number of benzene rings is 2. The molecule has 0 fully saturated rings. The minimum absolute atomic E-state index is 0.365. The van der Waals surface area contributed by atoms with Crippen LogP contribution in [0.25, 0.3) is 0 Å².